The summed E-state index contributed by atoms with van der Waals surface area (Å²) in [6.45, 7) is 4.41. The van der Waals surface area contributed by atoms with Gasteiger partial charge in [-0.05, 0) is 32.6 Å². The van der Waals surface area contributed by atoms with Gasteiger partial charge in [0.15, 0.2) is 5.78 Å². The first-order valence-electron chi connectivity index (χ1n) is 5.28. The number of ketones is 1. The molecule has 1 saturated carbocycles. The van der Waals surface area contributed by atoms with Crippen LogP contribution in [0.2, 0.25) is 0 Å². The highest BCUT2D eigenvalue weighted by atomic mass is 16.5. The van der Waals surface area contributed by atoms with Crippen LogP contribution >= 0.6 is 0 Å². The SMILES string of the molecule is CC1(C)OCC(CCC2CC2)C1=O. The summed E-state index contributed by atoms with van der Waals surface area (Å²) in [5.74, 6) is 1.43. The molecule has 1 atom stereocenters. The number of ether oxygens (including phenoxy) is 1. The van der Waals surface area contributed by atoms with Crippen molar-refractivity contribution in [1.29, 1.82) is 0 Å². The van der Waals surface area contributed by atoms with Gasteiger partial charge in [0.1, 0.15) is 5.60 Å². The van der Waals surface area contributed by atoms with Gasteiger partial charge in [-0.1, -0.05) is 12.8 Å². The van der Waals surface area contributed by atoms with Crippen LogP contribution in [0.5, 0.6) is 0 Å². The topological polar surface area (TPSA) is 26.3 Å². The zero-order chi connectivity index (χ0) is 9.47. The predicted octanol–water partition coefficient (Wildman–Crippen LogP) is 2.17. The van der Waals surface area contributed by atoms with Crippen LogP contribution in [0.1, 0.15) is 39.5 Å². The summed E-state index contributed by atoms with van der Waals surface area (Å²) in [7, 11) is 0. The third-order valence-electron chi connectivity index (χ3n) is 3.23. The summed E-state index contributed by atoms with van der Waals surface area (Å²) in [6.07, 6.45) is 5.04. The lowest BCUT2D eigenvalue weighted by atomic mass is 9.92. The zero-order valence-corrected chi connectivity index (χ0v) is 8.51. The van der Waals surface area contributed by atoms with Gasteiger partial charge in [0.2, 0.25) is 0 Å². The molecule has 2 aliphatic rings. The molecule has 0 aromatic carbocycles. The first-order valence-corrected chi connectivity index (χ1v) is 5.28. The lowest BCUT2D eigenvalue weighted by Gasteiger charge is -2.14. The van der Waals surface area contributed by atoms with Crippen molar-refractivity contribution < 1.29 is 9.53 Å². The Morgan fingerprint density at radius 1 is 1.38 bits per heavy atom. The highest BCUT2D eigenvalue weighted by molar-refractivity contribution is 5.90. The van der Waals surface area contributed by atoms with Crippen molar-refractivity contribution in [3.63, 3.8) is 0 Å². The van der Waals surface area contributed by atoms with E-state index in [-0.39, 0.29) is 5.92 Å². The third kappa shape index (κ3) is 1.93. The Labute approximate surface area is 79.7 Å². The van der Waals surface area contributed by atoms with E-state index in [1.54, 1.807) is 0 Å². The molecule has 74 valence electrons. The standard InChI is InChI=1S/C11H18O2/c1-11(2)10(12)9(7-13-11)6-5-8-3-4-8/h8-9H,3-7H2,1-2H3. The minimum absolute atomic E-state index is 0.190. The van der Waals surface area contributed by atoms with E-state index < -0.39 is 5.60 Å². The van der Waals surface area contributed by atoms with Crippen molar-refractivity contribution in [3.8, 4) is 0 Å². The Balaban J connectivity index is 1.83. The van der Waals surface area contributed by atoms with Crippen LogP contribution in [-0.2, 0) is 9.53 Å². The van der Waals surface area contributed by atoms with Crippen LogP contribution < -0.4 is 0 Å². The molecule has 0 amide bonds. The lowest BCUT2D eigenvalue weighted by Crippen LogP contribution is -2.29. The molecule has 1 unspecified atom stereocenters. The first kappa shape index (κ1) is 9.20. The summed E-state index contributed by atoms with van der Waals surface area (Å²) in [5.41, 5.74) is -0.506. The maximum absolute atomic E-state index is 11.7. The number of hydrogen-bond acceptors (Lipinski definition) is 2. The monoisotopic (exact) mass is 182 g/mol. The second-order valence-electron chi connectivity index (χ2n) is 4.90. The molecular formula is C11H18O2. The molecule has 2 heteroatoms. The largest absolute Gasteiger partial charge is 0.367 e. The van der Waals surface area contributed by atoms with Gasteiger partial charge in [0.25, 0.3) is 0 Å². The highest BCUT2D eigenvalue weighted by Gasteiger charge is 2.41. The Hall–Kier alpha value is -0.370. The number of rotatable bonds is 3. The van der Waals surface area contributed by atoms with Gasteiger partial charge in [-0.15, -0.1) is 0 Å². The Bertz CT molecular complexity index is 216. The van der Waals surface area contributed by atoms with Crippen molar-refractivity contribution in [2.24, 2.45) is 11.8 Å². The van der Waals surface area contributed by atoms with Crippen LogP contribution in [0.25, 0.3) is 0 Å². The zero-order valence-electron chi connectivity index (χ0n) is 8.51. The third-order valence-corrected chi connectivity index (χ3v) is 3.23. The fourth-order valence-electron chi connectivity index (χ4n) is 2.01. The molecule has 0 bridgehead atoms. The van der Waals surface area contributed by atoms with E-state index in [0.29, 0.717) is 12.4 Å². The summed E-state index contributed by atoms with van der Waals surface area (Å²) in [4.78, 5) is 11.7. The van der Waals surface area contributed by atoms with Crippen molar-refractivity contribution in [1.82, 2.24) is 0 Å². The molecule has 1 heterocycles. The molecule has 0 spiro atoms. The second-order valence-corrected chi connectivity index (χ2v) is 4.90. The fourth-order valence-corrected chi connectivity index (χ4v) is 2.01. The van der Waals surface area contributed by atoms with Crippen LogP contribution in [0.15, 0.2) is 0 Å². The maximum atomic E-state index is 11.7. The van der Waals surface area contributed by atoms with Crippen molar-refractivity contribution in [2.75, 3.05) is 6.61 Å². The van der Waals surface area contributed by atoms with Crippen LogP contribution in [0, 0.1) is 11.8 Å². The molecule has 1 aliphatic heterocycles. The van der Waals surface area contributed by atoms with E-state index in [0.717, 1.165) is 12.3 Å². The second kappa shape index (κ2) is 3.09. The number of hydrogen-bond donors (Lipinski definition) is 0. The van der Waals surface area contributed by atoms with Gasteiger partial charge in [-0.2, -0.15) is 0 Å². The number of Topliss-reactive ketones (excluding diaryl/α,β-unsaturated/α-hetero) is 1. The number of carbonyl (C=O) groups is 1. The Morgan fingerprint density at radius 2 is 2.08 bits per heavy atom. The molecule has 0 aromatic heterocycles. The summed E-state index contributed by atoms with van der Waals surface area (Å²) in [6, 6.07) is 0. The van der Waals surface area contributed by atoms with Gasteiger partial charge in [-0.25, -0.2) is 0 Å². The molecule has 13 heavy (non-hydrogen) atoms. The van der Waals surface area contributed by atoms with E-state index in [1.807, 2.05) is 13.8 Å². The van der Waals surface area contributed by atoms with E-state index >= 15 is 0 Å². The average Bonchev–Trinajstić information content (AvgIpc) is 2.83. The van der Waals surface area contributed by atoms with Crippen molar-refractivity contribution in [3.05, 3.63) is 0 Å². The predicted molar refractivity (Wildman–Crippen MR) is 50.5 cm³/mol. The minimum atomic E-state index is -0.506. The van der Waals surface area contributed by atoms with Crippen LogP contribution in [0.3, 0.4) is 0 Å². The average molecular weight is 182 g/mol. The fraction of sp³-hybridized carbons (Fsp3) is 0.909. The molecule has 2 nitrogen and oxygen atoms in total. The molecule has 1 aliphatic carbocycles. The van der Waals surface area contributed by atoms with Gasteiger partial charge in [0.05, 0.1) is 6.61 Å². The summed E-state index contributed by atoms with van der Waals surface area (Å²) >= 11 is 0. The normalized spacial score (nSPS) is 32.5. The van der Waals surface area contributed by atoms with Gasteiger partial charge < -0.3 is 4.74 Å². The molecule has 2 fully saturated rings. The van der Waals surface area contributed by atoms with Crippen molar-refractivity contribution >= 4 is 5.78 Å². The first-order chi connectivity index (χ1) is 6.09. The quantitative estimate of drug-likeness (QED) is 0.668. The van der Waals surface area contributed by atoms with Crippen LogP contribution in [0.4, 0.5) is 0 Å². The van der Waals surface area contributed by atoms with E-state index in [1.165, 1.54) is 19.3 Å². The molecule has 0 aromatic rings. The lowest BCUT2D eigenvalue weighted by molar-refractivity contribution is -0.130. The number of carbonyl (C=O) groups excluding carboxylic acids is 1. The highest BCUT2D eigenvalue weighted by Crippen LogP contribution is 2.37. The Morgan fingerprint density at radius 3 is 2.54 bits per heavy atom. The molecule has 0 N–H and O–H groups in total. The van der Waals surface area contributed by atoms with Crippen LogP contribution in [-0.4, -0.2) is 18.0 Å². The Kier molecular flexibility index (Phi) is 2.18. The minimum Gasteiger partial charge on any atom is -0.367 e. The smallest absolute Gasteiger partial charge is 0.169 e. The van der Waals surface area contributed by atoms with Crippen molar-refractivity contribution in [2.45, 2.75) is 45.1 Å². The van der Waals surface area contributed by atoms with E-state index in [2.05, 4.69) is 0 Å². The maximum Gasteiger partial charge on any atom is 0.169 e. The molecule has 1 saturated heterocycles. The molecule has 0 radical (unpaired) electrons. The van der Waals surface area contributed by atoms with E-state index in [9.17, 15) is 4.79 Å². The molecule has 2 rings (SSSR count). The van der Waals surface area contributed by atoms with Gasteiger partial charge in [-0.3, -0.25) is 4.79 Å². The van der Waals surface area contributed by atoms with Gasteiger partial charge >= 0.3 is 0 Å². The van der Waals surface area contributed by atoms with Gasteiger partial charge in [0, 0.05) is 5.92 Å². The summed E-state index contributed by atoms with van der Waals surface area (Å²) in [5, 5.41) is 0. The summed E-state index contributed by atoms with van der Waals surface area (Å²) < 4.78 is 5.47. The van der Waals surface area contributed by atoms with E-state index in [4.69, 9.17) is 4.74 Å². The molecular weight excluding hydrogens is 164 g/mol.